The van der Waals surface area contributed by atoms with Crippen molar-refractivity contribution < 1.29 is 28.6 Å². The highest BCUT2D eigenvalue weighted by molar-refractivity contribution is 6.02. The van der Waals surface area contributed by atoms with Crippen molar-refractivity contribution in [3.8, 4) is 11.1 Å². The van der Waals surface area contributed by atoms with E-state index in [1.165, 1.54) is 24.1 Å². The summed E-state index contributed by atoms with van der Waals surface area (Å²) in [5, 5.41) is 11.2. The van der Waals surface area contributed by atoms with Gasteiger partial charge in [0.1, 0.15) is 12.4 Å². The number of carbonyl (C=O) groups is 3. The SMILES string of the molecule is CN(CCCC(=O)O)C(=O)c1cccc(F)c1NC(=O)OCC1c2ccccc2-c2ccccc21. The van der Waals surface area contributed by atoms with Gasteiger partial charge in [0.15, 0.2) is 0 Å². The number of carboxylic acids is 1. The molecule has 2 N–H and O–H groups in total. The highest BCUT2D eigenvalue weighted by atomic mass is 19.1. The zero-order valence-corrected chi connectivity index (χ0v) is 19.2. The van der Waals surface area contributed by atoms with Crippen LogP contribution >= 0.6 is 0 Å². The molecule has 0 fully saturated rings. The van der Waals surface area contributed by atoms with E-state index in [1.54, 1.807) is 0 Å². The lowest BCUT2D eigenvalue weighted by Crippen LogP contribution is -2.29. The molecule has 35 heavy (non-hydrogen) atoms. The Labute approximate surface area is 202 Å². The number of nitrogens with zero attached hydrogens (tertiary/aromatic N) is 1. The molecule has 0 saturated carbocycles. The quantitative estimate of drug-likeness (QED) is 0.470. The number of halogens is 1. The number of amides is 2. The largest absolute Gasteiger partial charge is 0.481 e. The monoisotopic (exact) mass is 476 g/mol. The maximum absolute atomic E-state index is 14.6. The second-order valence-corrected chi connectivity index (χ2v) is 8.34. The van der Waals surface area contributed by atoms with E-state index in [1.807, 2.05) is 48.5 Å². The fourth-order valence-corrected chi connectivity index (χ4v) is 4.34. The number of nitrogens with one attached hydrogen (secondary N) is 1. The summed E-state index contributed by atoms with van der Waals surface area (Å²) in [7, 11) is 1.49. The van der Waals surface area contributed by atoms with Crippen LogP contribution in [0.2, 0.25) is 0 Å². The average Bonchev–Trinajstić information content (AvgIpc) is 3.17. The Balaban J connectivity index is 1.46. The second kappa shape index (κ2) is 10.4. The Bertz CT molecular complexity index is 1230. The van der Waals surface area contributed by atoms with E-state index in [-0.39, 0.29) is 43.2 Å². The number of aliphatic carboxylic acids is 1. The summed E-state index contributed by atoms with van der Waals surface area (Å²) in [5.74, 6) is -2.43. The van der Waals surface area contributed by atoms with Crippen molar-refractivity contribution in [2.24, 2.45) is 0 Å². The molecule has 4 rings (SSSR count). The van der Waals surface area contributed by atoms with Crippen molar-refractivity contribution in [3.63, 3.8) is 0 Å². The Morgan fingerprint density at radius 2 is 1.60 bits per heavy atom. The van der Waals surface area contributed by atoms with E-state index < -0.39 is 23.8 Å². The third-order valence-electron chi connectivity index (χ3n) is 6.05. The molecule has 0 radical (unpaired) electrons. The van der Waals surface area contributed by atoms with Crippen molar-refractivity contribution in [2.75, 3.05) is 25.5 Å². The first-order valence-corrected chi connectivity index (χ1v) is 11.2. The van der Waals surface area contributed by atoms with Crippen LogP contribution in [0.4, 0.5) is 14.9 Å². The van der Waals surface area contributed by atoms with Crippen LogP contribution in [-0.2, 0) is 9.53 Å². The molecule has 3 aromatic rings. The summed E-state index contributed by atoms with van der Waals surface area (Å²) in [6.07, 6.45) is -0.715. The zero-order valence-electron chi connectivity index (χ0n) is 19.2. The topological polar surface area (TPSA) is 95.9 Å². The van der Waals surface area contributed by atoms with Crippen molar-refractivity contribution in [3.05, 3.63) is 89.2 Å². The second-order valence-electron chi connectivity index (χ2n) is 8.34. The van der Waals surface area contributed by atoms with Crippen LogP contribution in [0, 0.1) is 5.82 Å². The molecule has 1 aliphatic carbocycles. The predicted octanol–water partition coefficient (Wildman–Crippen LogP) is 5.12. The normalized spacial score (nSPS) is 11.9. The number of carbonyl (C=O) groups excluding carboxylic acids is 2. The number of ether oxygens (including phenoxy) is 1. The number of fused-ring (bicyclic) bond motifs is 3. The molecule has 0 aromatic heterocycles. The van der Waals surface area contributed by atoms with Crippen molar-refractivity contribution in [1.82, 2.24) is 4.90 Å². The van der Waals surface area contributed by atoms with Gasteiger partial charge in [-0.2, -0.15) is 0 Å². The predicted molar refractivity (Wildman–Crippen MR) is 129 cm³/mol. The van der Waals surface area contributed by atoms with Crippen molar-refractivity contribution in [2.45, 2.75) is 18.8 Å². The van der Waals surface area contributed by atoms with E-state index in [9.17, 15) is 18.8 Å². The molecule has 0 aliphatic heterocycles. The number of anilines is 1. The first-order valence-electron chi connectivity index (χ1n) is 11.2. The molecule has 0 unspecified atom stereocenters. The fourth-order valence-electron chi connectivity index (χ4n) is 4.34. The van der Waals surface area contributed by atoms with E-state index in [0.717, 1.165) is 28.3 Å². The van der Waals surface area contributed by atoms with Gasteiger partial charge in [0.25, 0.3) is 5.91 Å². The van der Waals surface area contributed by atoms with E-state index in [0.29, 0.717) is 0 Å². The molecule has 1 aliphatic rings. The maximum Gasteiger partial charge on any atom is 0.411 e. The lowest BCUT2D eigenvalue weighted by molar-refractivity contribution is -0.137. The van der Waals surface area contributed by atoms with Gasteiger partial charge in [-0.05, 0) is 40.8 Å². The third-order valence-corrected chi connectivity index (χ3v) is 6.05. The molecule has 0 atom stereocenters. The first kappa shape index (κ1) is 23.9. The van der Waals surface area contributed by atoms with Gasteiger partial charge >= 0.3 is 12.1 Å². The molecular weight excluding hydrogens is 451 g/mol. The van der Waals surface area contributed by atoms with Gasteiger partial charge < -0.3 is 14.7 Å². The van der Waals surface area contributed by atoms with Gasteiger partial charge in [-0.3, -0.25) is 14.9 Å². The summed E-state index contributed by atoms with van der Waals surface area (Å²) in [4.78, 5) is 37.5. The van der Waals surface area contributed by atoms with Crippen molar-refractivity contribution in [1.29, 1.82) is 0 Å². The van der Waals surface area contributed by atoms with Gasteiger partial charge in [-0.25, -0.2) is 9.18 Å². The van der Waals surface area contributed by atoms with Crippen LogP contribution in [0.25, 0.3) is 11.1 Å². The molecule has 0 spiro atoms. The first-order chi connectivity index (χ1) is 16.9. The van der Waals surface area contributed by atoms with Crippen LogP contribution in [0.15, 0.2) is 66.7 Å². The minimum absolute atomic E-state index is 0.0451. The van der Waals surface area contributed by atoms with E-state index >= 15 is 0 Å². The number of hydrogen-bond donors (Lipinski definition) is 2. The molecule has 3 aromatic carbocycles. The third kappa shape index (κ3) is 5.16. The lowest BCUT2D eigenvalue weighted by Gasteiger charge is -2.19. The minimum Gasteiger partial charge on any atom is -0.481 e. The fraction of sp³-hybridized carbons (Fsp3) is 0.222. The number of hydrogen-bond acceptors (Lipinski definition) is 4. The van der Waals surface area contributed by atoms with Gasteiger partial charge in [-0.15, -0.1) is 0 Å². The number of rotatable bonds is 8. The molecule has 180 valence electrons. The van der Waals surface area contributed by atoms with Crippen LogP contribution < -0.4 is 5.32 Å². The number of para-hydroxylation sites is 1. The van der Waals surface area contributed by atoms with Gasteiger partial charge in [0, 0.05) is 25.9 Å². The molecular formula is C27H25FN2O5. The number of carboxylic acid groups (broad SMARTS) is 1. The van der Waals surface area contributed by atoms with E-state index in [2.05, 4.69) is 5.32 Å². The van der Waals surface area contributed by atoms with Crippen LogP contribution in [0.5, 0.6) is 0 Å². The summed E-state index contributed by atoms with van der Waals surface area (Å²) in [5.41, 5.74) is 3.95. The summed E-state index contributed by atoms with van der Waals surface area (Å²) >= 11 is 0. The van der Waals surface area contributed by atoms with Gasteiger partial charge in [0.05, 0.1) is 11.3 Å². The Morgan fingerprint density at radius 3 is 2.23 bits per heavy atom. The summed E-state index contributed by atoms with van der Waals surface area (Å²) in [6, 6.07) is 19.7. The zero-order chi connectivity index (χ0) is 24.9. The Hall–Kier alpha value is -4.20. The van der Waals surface area contributed by atoms with Crippen LogP contribution in [0.3, 0.4) is 0 Å². The van der Waals surface area contributed by atoms with Crippen molar-refractivity contribution >= 4 is 23.7 Å². The summed E-state index contributed by atoms with van der Waals surface area (Å²) in [6.45, 7) is 0.221. The highest BCUT2D eigenvalue weighted by Crippen LogP contribution is 2.44. The van der Waals surface area contributed by atoms with Crippen LogP contribution in [0.1, 0.15) is 40.2 Å². The Kier molecular flexibility index (Phi) is 7.10. The summed E-state index contributed by atoms with van der Waals surface area (Å²) < 4.78 is 20.1. The van der Waals surface area contributed by atoms with E-state index in [4.69, 9.17) is 9.84 Å². The molecule has 7 nitrogen and oxygen atoms in total. The molecule has 2 amide bonds. The maximum atomic E-state index is 14.6. The number of benzene rings is 3. The molecule has 8 heteroatoms. The molecule has 0 saturated heterocycles. The van der Waals surface area contributed by atoms with Gasteiger partial charge in [-0.1, -0.05) is 54.6 Å². The molecule has 0 bridgehead atoms. The van der Waals surface area contributed by atoms with Crippen LogP contribution in [-0.4, -0.2) is 48.2 Å². The standard InChI is InChI=1S/C27H25FN2O5/c1-30(15-7-14-24(31)32)26(33)21-12-6-13-23(28)25(21)29-27(34)35-16-22-19-10-4-2-8-17(19)18-9-3-5-11-20(18)22/h2-6,8-13,22H,7,14-16H2,1H3,(H,29,34)(H,31,32). The molecule has 0 heterocycles. The highest BCUT2D eigenvalue weighted by Gasteiger charge is 2.29. The lowest BCUT2D eigenvalue weighted by atomic mass is 9.98. The average molecular weight is 477 g/mol. The van der Waals surface area contributed by atoms with Gasteiger partial charge in [0.2, 0.25) is 0 Å². The Morgan fingerprint density at radius 1 is 0.971 bits per heavy atom. The smallest absolute Gasteiger partial charge is 0.411 e. The minimum atomic E-state index is -0.964.